The molecule has 4 N–H and O–H groups in total. The largest absolute Gasteiger partial charge is 0.508 e. The Labute approximate surface area is 184 Å². The van der Waals surface area contributed by atoms with Gasteiger partial charge in [0.05, 0.1) is 7.11 Å². The number of fused-ring (bicyclic) bond motifs is 1. The number of nitrogens with one attached hydrogen (secondary N) is 3. The molecule has 2 amide bonds. The Morgan fingerprint density at radius 1 is 1.00 bits per heavy atom. The summed E-state index contributed by atoms with van der Waals surface area (Å²) in [6, 6.07) is 20.5. The molecule has 4 aromatic rings. The lowest BCUT2D eigenvalue weighted by molar-refractivity contribution is -0.113. The van der Waals surface area contributed by atoms with Gasteiger partial charge in [-0.2, -0.15) is 0 Å². The molecule has 4 rings (SSSR count). The zero-order chi connectivity index (χ0) is 22.5. The van der Waals surface area contributed by atoms with Gasteiger partial charge in [0.1, 0.15) is 17.2 Å². The van der Waals surface area contributed by atoms with Crippen molar-refractivity contribution in [2.75, 3.05) is 12.4 Å². The van der Waals surface area contributed by atoms with Crippen LogP contribution in [0.1, 0.15) is 15.9 Å². The Kier molecular flexibility index (Phi) is 5.89. The minimum atomic E-state index is -0.504. The van der Waals surface area contributed by atoms with Crippen molar-refractivity contribution >= 4 is 34.5 Å². The highest BCUT2D eigenvalue weighted by Crippen LogP contribution is 2.26. The number of aromatic amines is 1. The van der Waals surface area contributed by atoms with Crippen LogP contribution in [0.4, 0.5) is 5.69 Å². The molecule has 0 saturated heterocycles. The fourth-order valence-electron chi connectivity index (χ4n) is 3.24. The first-order chi connectivity index (χ1) is 15.5. The Morgan fingerprint density at radius 2 is 1.81 bits per heavy atom. The minimum absolute atomic E-state index is 0.0226. The minimum Gasteiger partial charge on any atom is -0.508 e. The molecule has 0 unspecified atom stereocenters. The molecule has 0 spiro atoms. The predicted octanol–water partition coefficient (Wildman–Crippen LogP) is 4.29. The lowest BCUT2D eigenvalue weighted by Crippen LogP contribution is -2.30. The number of ether oxygens (including phenoxy) is 1. The van der Waals surface area contributed by atoms with Gasteiger partial charge in [-0.25, -0.2) is 0 Å². The van der Waals surface area contributed by atoms with Gasteiger partial charge in [-0.3, -0.25) is 9.59 Å². The third-order valence-corrected chi connectivity index (χ3v) is 4.86. The second kappa shape index (κ2) is 9.09. The average Bonchev–Trinajstić information content (AvgIpc) is 3.28. The highest BCUT2D eigenvalue weighted by molar-refractivity contribution is 6.11. The predicted molar refractivity (Wildman–Crippen MR) is 123 cm³/mol. The number of anilines is 1. The summed E-state index contributed by atoms with van der Waals surface area (Å²) in [6.07, 6.45) is 3.32. The molecule has 7 nitrogen and oxygen atoms in total. The van der Waals surface area contributed by atoms with Crippen LogP contribution in [-0.2, 0) is 4.79 Å². The van der Waals surface area contributed by atoms with E-state index in [4.69, 9.17) is 4.74 Å². The van der Waals surface area contributed by atoms with Crippen molar-refractivity contribution in [3.63, 3.8) is 0 Å². The third kappa shape index (κ3) is 4.62. The first kappa shape index (κ1) is 20.7. The number of hydrogen-bond acceptors (Lipinski definition) is 4. The number of phenolic OH excluding ortho intramolecular Hbond substituents is 1. The van der Waals surface area contributed by atoms with E-state index in [0.29, 0.717) is 22.6 Å². The summed E-state index contributed by atoms with van der Waals surface area (Å²) in [7, 11) is 1.46. The summed E-state index contributed by atoms with van der Waals surface area (Å²) < 4.78 is 5.30. The Balaban J connectivity index is 1.67. The lowest BCUT2D eigenvalue weighted by Gasteiger charge is -2.13. The van der Waals surface area contributed by atoms with E-state index in [-0.39, 0.29) is 11.4 Å². The van der Waals surface area contributed by atoms with Crippen LogP contribution in [0, 0.1) is 0 Å². The maximum Gasteiger partial charge on any atom is 0.272 e. The number of carbonyl (C=O) groups is 2. The number of rotatable bonds is 6. The molecule has 3 aromatic carbocycles. The zero-order valence-electron chi connectivity index (χ0n) is 17.3. The normalized spacial score (nSPS) is 11.2. The van der Waals surface area contributed by atoms with Crippen LogP contribution in [0.15, 0.2) is 84.7 Å². The fourth-order valence-corrected chi connectivity index (χ4v) is 3.24. The molecule has 0 saturated carbocycles. The summed E-state index contributed by atoms with van der Waals surface area (Å²) in [6.45, 7) is 0. The van der Waals surface area contributed by atoms with E-state index >= 15 is 0 Å². The molecular formula is C25H21N3O4. The smallest absolute Gasteiger partial charge is 0.272 e. The summed E-state index contributed by atoms with van der Waals surface area (Å²) in [4.78, 5) is 29.0. The second-order valence-corrected chi connectivity index (χ2v) is 7.04. The van der Waals surface area contributed by atoms with Gasteiger partial charge in [0, 0.05) is 34.6 Å². The monoisotopic (exact) mass is 427 g/mol. The van der Waals surface area contributed by atoms with Crippen molar-refractivity contribution < 1.29 is 19.4 Å². The van der Waals surface area contributed by atoms with Crippen molar-refractivity contribution in [1.29, 1.82) is 0 Å². The molecule has 0 bridgehead atoms. The lowest BCUT2D eigenvalue weighted by atomic mass is 10.1. The van der Waals surface area contributed by atoms with Gasteiger partial charge in [0.25, 0.3) is 11.8 Å². The van der Waals surface area contributed by atoms with Crippen molar-refractivity contribution in [1.82, 2.24) is 10.3 Å². The Bertz CT molecular complexity index is 1310. The topological polar surface area (TPSA) is 103 Å². The highest BCUT2D eigenvalue weighted by atomic mass is 16.5. The van der Waals surface area contributed by atoms with Crippen molar-refractivity contribution in [3.8, 4) is 11.5 Å². The van der Waals surface area contributed by atoms with E-state index in [0.717, 1.165) is 10.9 Å². The van der Waals surface area contributed by atoms with E-state index < -0.39 is 11.8 Å². The number of aromatic nitrogens is 1. The number of carbonyl (C=O) groups excluding carboxylic acids is 2. The maximum absolute atomic E-state index is 13.1. The quantitative estimate of drug-likeness (QED) is 0.345. The molecule has 1 heterocycles. The van der Waals surface area contributed by atoms with Crippen LogP contribution in [-0.4, -0.2) is 29.0 Å². The molecule has 0 fully saturated rings. The summed E-state index contributed by atoms with van der Waals surface area (Å²) in [5, 5.41) is 16.2. The average molecular weight is 427 g/mol. The number of phenols is 1. The maximum atomic E-state index is 13.1. The second-order valence-electron chi connectivity index (χ2n) is 7.04. The number of hydrogen-bond donors (Lipinski definition) is 4. The van der Waals surface area contributed by atoms with Gasteiger partial charge in [0.15, 0.2) is 0 Å². The molecule has 7 heteroatoms. The van der Waals surface area contributed by atoms with E-state index in [1.54, 1.807) is 42.5 Å². The van der Waals surface area contributed by atoms with Crippen LogP contribution >= 0.6 is 0 Å². The zero-order valence-corrected chi connectivity index (χ0v) is 17.3. The Hall–Kier alpha value is -4.52. The molecule has 1 aromatic heterocycles. The van der Waals surface area contributed by atoms with Crippen molar-refractivity contribution in [2.24, 2.45) is 0 Å². The number of aromatic hydroxyl groups is 1. The van der Waals surface area contributed by atoms with Crippen LogP contribution < -0.4 is 15.4 Å². The highest BCUT2D eigenvalue weighted by Gasteiger charge is 2.16. The van der Waals surface area contributed by atoms with Gasteiger partial charge in [-0.15, -0.1) is 0 Å². The summed E-state index contributed by atoms with van der Waals surface area (Å²) in [5.74, 6) is -0.547. The molecule has 0 atom stereocenters. The SMILES string of the molecule is COc1cc(O)ccc1/C=C(/NC(=O)c1ccccc1)C(=O)Nc1ccc2cc[nH]c2c1. The van der Waals surface area contributed by atoms with E-state index in [2.05, 4.69) is 15.6 Å². The summed E-state index contributed by atoms with van der Waals surface area (Å²) >= 11 is 0. The standard InChI is InChI=1S/C25H21N3O4/c1-32-23-15-20(29)10-8-18(23)13-22(28-24(30)17-5-3-2-4-6-17)25(31)27-19-9-7-16-11-12-26-21(16)14-19/h2-15,26,29H,1H3,(H,27,31)(H,28,30)/b22-13+. The van der Waals surface area contributed by atoms with Crippen LogP contribution in [0.5, 0.6) is 11.5 Å². The number of H-pyrrole nitrogens is 1. The first-order valence-electron chi connectivity index (χ1n) is 9.87. The van der Waals surface area contributed by atoms with Gasteiger partial charge in [-0.05, 0) is 53.9 Å². The number of amides is 2. The van der Waals surface area contributed by atoms with Crippen LogP contribution in [0.25, 0.3) is 17.0 Å². The van der Waals surface area contributed by atoms with E-state index in [9.17, 15) is 14.7 Å². The van der Waals surface area contributed by atoms with Crippen molar-refractivity contribution in [3.05, 3.63) is 95.8 Å². The van der Waals surface area contributed by atoms with E-state index in [1.165, 1.54) is 25.3 Å². The van der Waals surface area contributed by atoms with Gasteiger partial charge in [0.2, 0.25) is 0 Å². The van der Waals surface area contributed by atoms with Gasteiger partial charge in [-0.1, -0.05) is 24.3 Å². The molecule has 160 valence electrons. The fraction of sp³-hybridized carbons (Fsp3) is 0.0400. The first-order valence-corrected chi connectivity index (χ1v) is 9.87. The van der Waals surface area contributed by atoms with Crippen LogP contribution in [0.3, 0.4) is 0 Å². The van der Waals surface area contributed by atoms with Crippen LogP contribution in [0.2, 0.25) is 0 Å². The van der Waals surface area contributed by atoms with E-state index in [1.807, 2.05) is 24.4 Å². The van der Waals surface area contributed by atoms with Gasteiger partial charge >= 0.3 is 0 Å². The number of benzene rings is 3. The molecule has 32 heavy (non-hydrogen) atoms. The molecular weight excluding hydrogens is 406 g/mol. The summed E-state index contributed by atoms with van der Waals surface area (Å²) in [5.41, 5.74) is 2.40. The number of methoxy groups -OCH3 is 1. The molecule has 0 aliphatic heterocycles. The third-order valence-electron chi connectivity index (χ3n) is 4.86. The molecule has 0 aliphatic carbocycles. The molecule has 0 aliphatic rings. The van der Waals surface area contributed by atoms with Gasteiger partial charge < -0.3 is 25.5 Å². The van der Waals surface area contributed by atoms with Crippen molar-refractivity contribution in [2.45, 2.75) is 0 Å². The Morgan fingerprint density at radius 3 is 2.59 bits per heavy atom. The molecule has 0 radical (unpaired) electrons.